The van der Waals surface area contributed by atoms with Gasteiger partial charge < -0.3 is 14.2 Å². The monoisotopic (exact) mass is 230 g/mol. The summed E-state index contributed by atoms with van der Waals surface area (Å²) in [6.45, 7) is 1.50. The maximum atomic E-state index is 11.6. The molecule has 1 unspecified atom stereocenters. The highest BCUT2D eigenvalue weighted by Gasteiger charge is 2.25. The molecule has 0 amide bonds. The summed E-state index contributed by atoms with van der Waals surface area (Å²) >= 11 is 0. The van der Waals surface area contributed by atoms with Gasteiger partial charge in [0.1, 0.15) is 0 Å². The molecule has 0 aromatic heterocycles. The van der Waals surface area contributed by atoms with E-state index in [0.29, 0.717) is 0 Å². The van der Waals surface area contributed by atoms with Crippen molar-refractivity contribution in [3.05, 3.63) is 0 Å². The normalized spacial score (nSPS) is 18.6. The van der Waals surface area contributed by atoms with Crippen LogP contribution in [-0.4, -0.2) is 25.5 Å². The van der Waals surface area contributed by atoms with Crippen LogP contribution in [-0.2, 0) is 19.0 Å². The summed E-state index contributed by atoms with van der Waals surface area (Å²) in [7, 11) is 1.21. The van der Waals surface area contributed by atoms with E-state index in [-0.39, 0.29) is 11.9 Å². The van der Waals surface area contributed by atoms with Crippen LogP contribution in [0.15, 0.2) is 0 Å². The Balaban J connectivity index is 2.29. The first kappa shape index (κ1) is 12.8. The molecule has 0 N–H and O–H groups in total. The topological polar surface area (TPSA) is 61.8 Å². The second-order valence-electron chi connectivity index (χ2n) is 3.91. The molecular formula is C11H18O5. The highest BCUT2D eigenvalue weighted by atomic mass is 16.8. The SMILES string of the molecule is COC(=O)OC(C)OC(=O)C1CCCCC1. The van der Waals surface area contributed by atoms with Gasteiger partial charge in [-0.3, -0.25) is 4.79 Å². The summed E-state index contributed by atoms with van der Waals surface area (Å²) in [6.07, 6.45) is 3.30. The van der Waals surface area contributed by atoms with E-state index < -0.39 is 12.4 Å². The quantitative estimate of drug-likeness (QED) is 0.549. The first-order valence-electron chi connectivity index (χ1n) is 5.58. The lowest BCUT2D eigenvalue weighted by Gasteiger charge is -2.21. The number of hydrogen-bond acceptors (Lipinski definition) is 5. The predicted octanol–water partition coefficient (Wildman–Crippen LogP) is 2.24. The van der Waals surface area contributed by atoms with Gasteiger partial charge in [0, 0.05) is 6.92 Å². The Morgan fingerprint density at radius 2 is 1.75 bits per heavy atom. The third-order valence-electron chi connectivity index (χ3n) is 2.65. The van der Waals surface area contributed by atoms with Crippen molar-refractivity contribution in [2.24, 2.45) is 5.92 Å². The number of hydrogen-bond donors (Lipinski definition) is 0. The van der Waals surface area contributed by atoms with Crippen molar-refractivity contribution in [3.8, 4) is 0 Å². The minimum absolute atomic E-state index is 0.0440. The van der Waals surface area contributed by atoms with Gasteiger partial charge in [0.25, 0.3) is 0 Å². The van der Waals surface area contributed by atoms with Gasteiger partial charge in [-0.05, 0) is 12.8 Å². The number of esters is 1. The first-order chi connectivity index (χ1) is 7.63. The molecule has 0 radical (unpaired) electrons. The van der Waals surface area contributed by atoms with E-state index in [1.807, 2.05) is 0 Å². The van der Waals surface area contributed by atoms with Crippen molar-refractivity contribution < 1.29 is 23.8 Å². The zero-order chi connectivity index (χ0) is 12.0. The summed E-state index contributed by atoms with van der Waals surface area (Å²) < 4.78 is 14.0. The maximum Gasteiger partial charge on any atom is 0.511 e. The number of methoxy groups -OCH3 is 1. The Bertz CT molecular complexity index is 245. The maximum absolute atomic E-state index is 11.6. The molecule has 0 aromatic carbocycles. The molecule has 0 bridgehead atoms. The molecule has 1 atom stereocenters. The highest BCUT2D eigenvalue weighted by molar-refractivity contribution is 5.72. The smallest absolute Gasteiger partial charge is 0.438 e. The van der Waals surface area contributed by atoms with Crippen molar-refractivity contribution in [3.63, 3.8) is 0 Å². The summed E-state index contributed by atoms with van der Waals surface area (Å²) in [4.78, 5) is 22.4. The molecule has 0 spiro atoms. The van der Waals surface area contributed by atoms with E-state index in [1.165, 1.54) is 20.5 Å². The third kappa shape index (κ3) is 4.08. The van der Waals surface area contributed by atoms with Crippen LogP contribution in [0.1, 0.15) is 39.0 Å². The minimum Gasteiger partial charge on any atom is -0.438 e. The van der Waals surface area contributed by atoms with Gasteiger partial charge in [-0.25, -0.2) is 4.79 Å². The van der Waals surface area contributed by atoms with Crippen molar-refractivity contribution in [2.45, 2.75) is 45.3 Å². The van der Waals surface area contributed by atoms with Crippen molar-refractivity contribution in [1.29, 1.82) is 0 Å². The van der Waals surface area contributed by atoms with Crippen LogP contribution in [0.25, 0.3) is 0 Å². The van der Waals surface area contributed by atoms with Crippen LogP contribution in [0, 0.1) is 5.92 Å². The Morgan fingerprint density at radius 3 is 2.31 bits per heavy atom. The third-order valence-corrected chi connectivity index (χ3v) is 2.65. The lowest BCUT2D eigenvalue weighted by atomic mass is 9.89. The predicted molar refractivity (Wildman–Crippen MR) is 55.6 cm³/mol. The fourth-order valence-electron chi connectivity index (χ4n) is 1.81. The van der Waals surface area contributed by atoms with Gasteiger partial charge in [-0.1, -0.05) is 19.3 Å². The zero-order valence-corrected chi connectivity index (χ0v) is 9.73. The van der Waals surface area contributed by atoms with Crippen LogP contribution >= 0.6 is 0 Å². The van der Waals surface area contributed by atoms with Gasteiger partial charge in [0.2, 0.25) is 6.29 Å². The average Bonchev–Trinajstić information content (AvgIpc) is 2.29. The standard InChI is InChI=1S/C11H18O5/c1-8(16-11(13)14-2)15-10(12)9-6-4-3-5-7-9/h8-9H,3-7H2,1-2H3. The number of ether oxygens (including phenoxy) is 3. The van der Waals surface area contributed by atoms with Crippen LogP contribution in [0.5, 0.6) is 0 Å². The lowest BCUT2D eigenvalue weighted by molar-refractivity contribution is -0.173. The van der Waals surface area contributed by atoms with Crippen molar-refractivity contribution in [1.82, 2.24) is 0 Å². The molecule has 0 heterocycles. The Kier molecular flexibility index (Phi) is 5.08. The molecule has 1 rings (SSSR count). The number of rotatable bonds is 3. The molecule has 1 fully saturated rings. The fourth-order valence-corrected chi connectivity index (χ4v) is 1.81. The van der Waals surface area contributed by atoms with E-state index in [9.17, 15) is 9.59 Å². The molecule has 1 saturated carbocycles. The summed E-state index contributed by atoms with van der Waals surface area (Å²) in [5.41, 5.74) is 0. The van der Waals surface area contributed by atoms with E-state index >= 15 is 0 Å². The van der Waals surface area contributed by atoms with Crippen LogP contribution < -0.4 is 0 Å². The molecule has 0 aliphatic heterocycles. The number of carbonyl (C=O) groups is 2. The van der Waals surface area contributed by atoms with Gasteiger partial charge in [0.05, 0.1) is 13.0 Å². The molecular weight excluding hydrogens is 212 g/mol. The summed E-state index contributed by atoms with van der Waals surface area (Å²) in [5, 5.41) is 0. The van der Waals surface area contributed by atoms with Gasteiger partial charge >= 0.3 is 12.1 Å². The highest BCUT2D eigenvalue weighted by Crippen LogP contribution is 2.25. The molecule has 1 aliphatic carbocycles. The second kappa shape index (κ2) is 6.35. The lowest BCUT2D eigenvalue weighted by Crippen LogP contribution is -2.27. The van der Waals surface area contributed by atoms with Crippen molar-refractivity contribution in [2.75, 3.05) is 7.11 Å². The average molecular weight is 230 g/mol. The first-order valence-corrected chi connectivity index (χ1v) is 5.58. The van der Waals surface area contributed by atoms with Gasteiger partial charge in [0.15, 0.2) is 0 Å². The molecule has 5 heteroatoms. The molecule has 0 saturated heterocycles. The largest absolute Gasteiger partial charge is 0.511 e. The molecule has 1 aliphatic rings. The summed E-state index contributed by atoms with van der Waals surface area (Å²) in [6, 6.07) is 0. The molecule has 5 nitrogen and oxygen atoms in total. The minimum atomic E-state index is -0.887. The Labute approximate surface area is 95.0 Å². The Morgan fingerprint density at radius 1 is 1.12 bits per heavy atom. The molecule has 16 heavy (non-hydrogen) atoms. The zero-order valence-electron chi connectivity index (χ0n) is 9.73. The van der Waals surface area contributed by atoms with Gasteiger partial charge in [-0.2, -0.15) is 0 Å². The fraction of sp³-hybridized carbons (Fsp3) is 0.818. The summed E-state index contributed by atoms with van der Waals surface area (Å²) in [5.74, 6) is -0.325. The Hall–Kier alpha value is -1.26. The van der Waals surface area contributed by atoms with E-state index in [0.717, 1.165) is 25.7 Å². The van der Waals surface area contributed by atoms with E-state index in [1.54, 1.807) is 0 Å². The van der Waals surface area contributed by atoms with Crippen LogP contribution in [0.3, 0.4) is 0 Å². The number of carbonyl (C=O) groups excluding carboxylic acids is 2. The molecule has 92 valence electrons. The second-order valence-corrected chi connectivity index (χ2v) is 3.91. The van der Waals surface area contributed by atoms with E-state index in [2.05, 4.69) is 9.47 Å². The van der Waals surface area contributed by atoms with E-state index in [4.69, 9.17) is 4.74 Å². The van der Waals surface area contributed by atoms with Crippen molar-refractivity contribution >= 4 is 12.1 Å². The molecule has 0 aromatic rings. The van der Waals surface area contributed by atoms with Crippen LogP contribution in [0.4, 0.5) is 4.79 Å². The van der Waals surface area contributed by atoms with Crippen LogP contribution in [0.2, 0.25) is 0 Å². The van der Waals surface area contributed by atoms with Gasteiger partial charge in [-0.15, -0.1) is 0 Å².